The molecule has 184 valence electrons. The highest BCUT2D eigenvalue weighted by Gasteiger charge is 2.37. The van der Waals surface area contributed by atoms with Crippen LogP contribution in [0.1, 0.15) is 16.7 Å². The smallest absolute Gasteiger partial charge is 0.419 e. The van der Waals surface area contributed by atoms with E-state index in [-0.39, 0.29) is 18.2 Å². The van der Waals surface area contributed by atoms with Crippen molar-refractivity contribution in [1.82, 2.24) is 5.43 Å². The fourth-order valence-electron chi connectivity index (χ4n) is 2.96. The molecule has 0 aliphatic heterocycles. The van der Waals surface area contributed by atoms with Crippen LogP contribution >= 0.6 is 0 Å². The summed E-state index contributed by atoms with van der Waals surface area (Å²) < 4.78 is 89.8. The number of methoxy groups -OCH3 is 1. The second-order valence-corrected chi connectivity index (χ2v) is 8.52. The monoisotopic (exact) mass is 510 g/mol. The summed E-state index contributed by atoms with van der Waals surface area (Å²) in [6, 6.07) is 14.5. The summed E-state index contributed by atoms with van der Waals surface area (Å²) in [5, 5.41) is 3.46. The highest BCUT2D eigenvalue weighted by Crippen LogP contribution is 2.34. The van der Waals surface area contributed by atoms with E-state index in [4.69, 9.17) is 8.92 Å². The number of hydrogen-bond acceptors (Lipinski definition) is 6. The number of ether oxygens (including phenoxy) is 1. The number of nitrogens with zero attached hydrogens (tertiary/aromatic N) is 1. The number of nitrogens with one attached hydrogen (secondary N) is 1. The number of halogens is 4. The van der Waals surface area contributed by atoms with E-state index in [0.29, 0.717) is 23.6 Å². The summed E-state index contributed by atoms with van der Waals surface area (Å²) in [6.07, 6.45) is -4.80. The number of benzene rings is 3. The average Bonchev–Trinajstić information content (AvgIpc) is 2.79. The molecule has 3 rings (SSSR count). The number of para-hydroxylation sites is 1. The third-order valence-electron chi connectivity index (χ3n) is 4.55. The molecule has 0 spiro atoms. The van der Waals surface area contributed by atoms with Gasteiger partial charge in [0.15, 0.2) is 0 Å². The molecule has 0 atom stereocenters. The van der Waals surface area contributed by atoms with E-state index in [1.165, 1.54) is 31.4 Å². The van der Waals surface area contributed by atoms with Crippen LogP contribution < -0.4 is 14.3 Å². The summed E-state index contributed by atoms with van der Waals surface area (Å²) >= 11 is 0. The first kappa shape index (κ1) is 25.7. The highest BCUT2D eigenvalue weighted by atomic mass is 32.2. The topological polar surface area (TPSA) is 94.1 Å². The van der Waals surface area contributed by atoms with Gasteiger partial charge < -0.3 is 8.92 Å². The molecule has 0 radical (unpaired) electrons. The average molecular weight is 510 g/mol. The van der Waals surface area contributed by atoms with E-state index < -0.39 is 44.0 Å². The van der Waals surface area contributed by atoms with Crippen LogP contribution in [-0.2, 0) is 27.5 Å². The summed E-state index contributed by atoms with van der Waals surface area (Å²) in [7, 11) is -3.32. The first-order chi connectivity index (χ1) is 16.5. The van der Waals surface area contributed by atoms with Gasteiger partial charge in [0.05, 0.1) is 30.9 Å². The molecule has 0 heterocycles. The Morgan fingerprint density at radius 3 is 2.37 bits per heavy atom. The van der Waals surface area contributed by atoms with Gasteiger partial charge in [0.25, 0.3) is 0 Å². The fraction of sp³-hybridized carbons (Fsp3) is 0.130. The van der Waals surface area contributed by atoms with Crippen LogP contribution in [0.2, 0.25) is 0 Å². The van der Waals surface area contributed by atoms with Gasteiger partial charge in [0.2, 0.25) is 5.91 Å². The molecule has 1 amide bonds. The molecule has 0 saturated carbocycles. The van der Waals surface area contributed by atoms with Crippen molar-refractivity contribution in [1.29, 1.82) is 0 Å². The SMILES string of the molecule is COc1cccc(CC(=O)N/N=C/c2c(S(=O)(=O)Oc3ccccc3)ccc(C(F)(F)F)c2F)c1. The molecule has 0 fully saturated rings. The van der Waals surface area contributed by atoms with Crippen molar-refractivity contribution < 1.29 is 39.7 Å². The van der Waals surface area contributed by atoms with Gasteiger partial charge in [0, 0.05) is 0 Å². The van der Waals surface area contributed by atoms with Crippen LogP contribution in [0.15, 0.2) is 76.7 Å². The molecule has 12 heteroatoms. The van der Waals surface area contributed by atoms with Crippen LogP contribution in [0.25, 0.3) is 0 Å². The van der Waals surface area contributed by atoms with Gasteiger partial charge in [0.1, 0.15) is 22.2 Å². The van der Waals surface area contributed by atoms with Crippen molar-refractivity contribution in [2.45, 2.75) is 17.5 Å². The van der Waals surface area contributed by atoms with E-state index in [1.807, 2.05) is 5.43 Å². The van der Waals surface area contributed by atoms with Gasteiger partial charge in [-0.2, -0.15) is 26.7 Å². The molecule has 0 bridgehead atoms. The number of carbonyl (C=O) groups excluding carboxylic acids is 1. The minimum Gasteiger partial charge on any atom is -0.497 e. The number of hydrazone groups is 1. The number of alkyl halides is 3. The van der Waals surface area contributed by atoms with Gasteiger partial charge in [-0.15, -0.1) is 0 Å². The minimum atomic E-state index is -5.11. The van der Waals surface area contributed by atoms with E-state index in [9.17, 15) is 30.8 Å². The van der Waals surface area contributed by atoms with Crippen molar-refractivity contribution >= 4 is 22.2 Å². The number of carbonyl (C=O) groups is 1. The molecule has 1 N–H and O–H groups in total. The molecule has 0 aromatic heterocycles. The van der Waals surface area contributed by atoms with E-state index >= 15 is 0 Å². The van der Waals surface area contributed by atoms with Crippen molar-refractivity contribution in [3.8, 4) is 11.5 Å². The Morgan fingerprint density at radius 1 is 1.03 bits per heavy atom. The first-order valence-corrected chi connectivity index (χ1v) is 11.3. The molecule has 0 aliphatic carbocycles. The van der Waals surface area contributed by atoms with Crippen molar-refractivity contribution in [3.05, 3.63) is 89.2 Å². The molecule has 0 aliphatic rings. The van der Waals surface area contributed by atoms with Crippen LogP contribution in [0.3, 0.4) is 0 Å². The van der Waals surface area contributed by atoms with Crippen molar-refractivity contribution in [2.24, 2.45) is 5.10 Å². The maximum absolute atomic E-state index is 14.8. The zero-order valence-corrected chi connectivity index (χ0v) is 18.9. The maximum atomic E-state index is 14.8. The third kappa shape index (κ3) is 6.57. The normalized spacial score (nSPS) is 11.9. The fourth-order valence-corrected chi connectivity index (χ4v) is 4.06. The lowest BCUT2D eigenvalue weighted by Gasteiger charge is -2.14. The standard InChI is InChI=1S/C23H18F4N2O5S/c1-33-17-9-5-6-15(12-17)13-21(30)29-28-14-18-20(11-10-19(22(18)24)23(25,26)27)35(31,32)34-16-7-3-2-4-8-16/h2-12,14H,13H2,1H3,(H,29,30)/b28-14+. The molecule has 0 saturated heterocycles. The Labute approximate surface area is 198 Å². The van der Waals surface area contributed by atoms with E-state index in [0.717, 1.165) is 0 Å². The molecule has 0 unspecified atom stereocenters. The lowest BCUT2D eigenvalue weighted by molar-refractivity contribution is -0.140. The molecular formula is C23H18F4N2O5S. The first-order valence-electron chi connectivity index (χ1n) is 9.85. The van der Waals surface area contributed by atoms with Crippen LogP contribution in [0, 0.1) is 5.82 Å². The van der Waals surface area contributed by atoms with E-state index in [2.05, 4.69) is 5.10 Å². The molecule has 35 heavy (non-hydrogen) atoms. The summed E-state index contributed by atoms with van der Waals surface area (Å²) in [6.45, 7) is 0. The van der Waals surface area contributed by atoms with Crippen LogP contribution in [-0.4, -0.2) is 27.6 Å². The van der Waals surface area contributed by atoms with Crippen LogP contribution in [0.4, 0.5) is 17.6 Å². The molecular weight excluding hydrogens is 492 g/mol. The summed E-state index contributed by atoms with van der Waals surface area (Å²) in [4.78, 5) is 11.2. The van der Waals surface area contributed by atoms with E-state index in [1.54, 1.807) is 30.3 Å². The Kier molecular flexibility index (Phi) is 7.75. The number of amides is 1. The van der Waals surface area contributed by atoms with Crippen molar-refractivity contribution in [2.75, 3.05) is 7.11 Å². The lowest BCUT2D eigenvalue weighted by Crippen LogP contribution is -2.21. The number of rotatable bonds is 8. The third-order valence-corrected chi connectivity index (χ3v) is 5.85. The Balaban J connectivity index is 1.90. The predicted octanol–water partition coefficient (Wildman–Crippen LogP) is 4.31. The van der Waals surface area contributed by atoms with Gasteiger partial charge in [-0.25, -0.2) is 9.82 Å². The predicted molar refractivity (Wildman–Crippen MR) is 118 cm³/mol. The Hall–Kier alpha value is -3.93. The van der Waals surface area contributed by atoms with Crippen molar-refractivity contribution in [3.63, 3.8) is 0 Å². The van der Waals surface area contributed by atoms with Gasteiger partial charge in [-0.3, -0.25) is 4.79 Å². The Morgan fingerprint density at radius 2 is 1.71 bits per heavy atom. The highest BCUT2D eigenvalue weighted by molar-refractivity contribution is 7.87. The summed E-state index contributed by atoms with van der Waals surface area (Å²) in [5.41, 5.74) is -0.158. The largest absolute Gasteiger partial charge is 0.497 e. The van der Waals surface area contributed by atoms with Gasteiger partial charge in [-0.05, 0) is 42.0 Å². The number of hydrogen-bond donors (Lipinski definition) is 1. The second kappa shape index (κ2) is 10.6. The van der Waals surface area contributed by atoms with Gasteiger partial charge in [-0.1, -0.05) is 30.3 Å². The Bertz CT molecular complexity index is 1340. The molecule has 3 aromatic carbocycles. The zero-order chi connectivity index (χ0) is 25.6. The second-order valence-electron chi connectivity index (χ2n) is 7.01. The van der Waals surface area contributed by atoms with Crippen LogP contribution in [0.5, 0.6) is 11.5 Å². The van der Waals surface area contributed by atoms with Gasteiger partial charge >= 0.3 is 16.3 Å². The quantitative estimate of drug-likeness (QED) is 0.211. The summed E-state index contributed by atoms with van der Waals surface area (Å²) in [5.74, 6) is -2.21. The minimum absolute atomic E-state index is 0.137. The zero-order valence-electron chi connectivity index (χ0n) is 18.0. The lowest BCUT2D eigenvalue weighted by atomic mass is 10.1. The molecule has 3 aromatic rings. The molecule has 7 nitrogen and oxygen atoms in total. The maximum Gasteiger partial charge on any atom is 0.419 e.